The van der Waals surface area contributed by atoms with Crippen molar-refractivity contribution >= 4 is 41.4 Å². The average molecular weight is 540 g/mol. The molecule has 0 unspecified atom stereocenters. The number of pyridine rings is 1. The number of amides is 1. The number of benzene rings is 1. The quantitative estimate of drug-likeness (QED) is 0.303. The van der Waals surface area contributed by atoms with Gasteiger partial charge in [0.05, 0.1) is 14.2 Å². The Balaban J connectivity index is -0.000000915. The number of nitrogens with zero attached hydrogens (tertiary/aromatic N) is 3. The zero-order valence-electron chi connectivity index (χ0n) is 21.2. The van der Waals surface area contributed by atoms with E-state index in [2.05, 4.69) is 15.3 Å². The van der Waals surface area contributed by atoms with E-state index < -0.39 is 0 Å². The van der Waals surface area contributed by atoms with Gasteiger partial charge in [0.1, 0.15) is 11.5 Å². The minimum absolute atomic E-state index is 0. The van der Waals surface area contributed by atoms with Crippen LogP contribution in [0.4, 0.5) is 4.39 Å². The molecule has 3 aromatic rings. The van der Waals surface area contributed by atoms with E-state index in [0.29, 0.717) is 5.69 Å². The summed E-state index contributed by atoms with van der Waals surface area (Å²) in [6, 6.07) is 9.84. The van der Waals surface area contributed by atoms with Gasteiger partial charge in [-0.05, 0) is 35.4 Å². The second kappa shape index (κ2) is 20.5. The first-order valence-electron chi connectivity index (χ1n) is 9.97. The minimum atomic E-state index is -0.327. The Bertz CT molecular complexity index is 959. The number of carbonyl (C=O) groups is 1. The molecule has 0 aliphatic carbocycles. The van der Waals surface area contributed by atoms with Gasteiger partial charge in [-0.1, -0.05) is 12.1 Å². The molecule has 0 aliphatic heterocycles. The van der Waals surface area contributed by atoms with E-state index in [4.69, 9.17) is 4.84 Å². The van der Waals surface area contributed by atoms with Crippen LogP contribution in [0.5, 0.6) is 0 Å². The number of carbonyl (C=O) groups excluding carboxylic acids is 1. The molecule has 0 saturated heterocycles. The van der Waals surface area contributed by atoms with Crippen molar-refractivity contribution in [3.8, 4) is 22.3 Å². The molecule has 0 aliphatic rings. The summed E-state index contributed by atoms with van der Waals surface area (Å²) in [7, 11) is 8.06. The predicted molar refractivity (Wildman–Crippen MR) is 138 cm³/mol. The Kier molecular flexibility index (Phi) is 22.1. The maximum absolute atomic E-state index is 13.4. The molecule has 1 N–H and O–H groups in total. The molecule has 35 heavy (non-hydrogen) atoms. The summed E-state index contributed by atoms with van der Waals surface area (Å²) in [6.45, 7) is 4.00. The van der Waals surface area contributed by atoms with Crippen molar-refractivity contribution in [2.45, 2.75) is 13.8 Å². The van der Waals surface area contributed by atoms with Crippen molar-refractivity contribution in [1.29, 1.82) is 0 Å². The molecule has 1 aromatic carbocycles. The molecule has 0 bridgehead atoms. The molecule has 3 rings (SSSR count). The average Bonchev–Trinajstić information content (AvgIpc) is 3.16. The van der Waals surface area contributed by atoms with E-state index >= 15 is 0 Å². The van der Waals surface area contributed by atoms with Crippen molar-refractivity contribution in [2.75, 3.05) is 28.3 Å². The minimum Gasteiger partial charge on any atom is -1.00 e. The summed E-state index contributed by atoms with van der Waals surface area (Å²) < 4.78 is 15.1. The van der Waals surface area contributed by atoms with Gasteiger partial charge in [-0.3, -0.25) is 14.6 Å². The summed E-state index contributed by atoms with van der Waals surface area (Å²) in [4.78, 5) is 26.2. The van der Waals surface area contributed by atoms with Gasteiger partial charge in [0.2, 0.25) is 0 Å². The molecule has 1 amide bonds. The summed E-state index contributed by atoms with van der Waals surface area (Å²) in [5.41, 5.74) is 6.15. The monoisotopic (exact) mass is 538 g/mol. The first kappa shape index (κ1) is 37.8. The molecule has 0 fully saturated rings. The van der Waals surface area contributed by atoms with Crippen LogP contribution in [0, 0.1) is 12.2 Å². The maximum atomic E-state index is 13.4. The molecule has 0 atom stereocenters. The number of nitrogens with one attached hydrogen (secondary N) is 1. The smallest absolute Gasteiger partial charge is 1.00 e. The number of hydrogen-bond donors (Lipinski definition) is 1. The van der Waals surface area contributed by atoms with Crippen molar-refractivity contribution < 1.29 is 31.3 Å². The molecule has 11 heteroatoms. The molecule has 0 saturated carbocycles. The van der Waals surface area contributed by atoms with Crippen LogP contribution >= 0.6 is 12.4 Å². The molecule has 0 radical (unpaired) electrons. The fourth-order valence-corrected chi connectivity index (χ4v) is 2.78. The first-order chi connectivity index (χ1) is 15.4. The van der Waals surface area contributed by atoms with E-state index in [0.717, 1.165) is 22.3 Å². The van der Waals surface area contributed by atoms with Crippen LogP contribution in [0.3, 0.4) is 0 Å². The normalized spacial score (nSPS) is 9.03. The number of hydrogen-bond acceptors (Lipinski definition) is 5. The summed E-state index contributed by atoms with van der Waals surface area (Å²) >= 11 is 0. The molecular weight excluding hydrogens is 506 g/mol. The summed E-state index contributed by atoms with van der Waals surface area (Å²) in [5.74, 6) is -0.614. The Morgan fingerprint density at radius 3 is 2.00 bits per heavy atom. The Morgan fingerprint density at radius 2 is 1.57 bits per heavy atom. The van der Waals surface area contributed by atoms with E-state index in [9.17, 15) is 9.18 Å². The molecule has 2 aromatic heterocycles. The number of halogens is 3. The molecule has 7 nitrogen and oxygen atoms in total. The molecule has 2 heterocycles. The molecule has 0 spiro atoms. The third-order valence-corrected chi connectivity index (χ3v) is 4.27. The largest absolute Gasteiger partial charge is 2.00 e. The van der Waals surface area contributed by atoms with Crippen LogP contribution in [-0.4, -0.2) is 71.9 Å². The third-order valence-electron chi connectivity index (χ3n) is 4.27. The maximum Gasteiger partial charge on any atom is 2.00 e. The van der Waals surface area contributed by atoms with Gasteiger partial charge in [0.25, 0.3) is 5.91 Å². The van der Waals surface area contributed by atoms with Crippen molar-refractivity contribution in [2.24, 2.45) is 7.05 Å². The zero-order valence-corrected chi connectivity index (χ0v) is 24.2. The SMILES string of the molecule is CNOC.CON(C)C(=O)c1c(-c2ccc(F)cc2)c(-c2ccncc2)cn1C.C[CH-]C.Cl.[Cl-].[Mg+2]. The number of hydroxylamine groups is 3. The topological polar surface area (TPSA) is 68.6 Å². The van der Waals surface area contributed by atoms with E-state index in [1.807, 2.05) is 38.6 Å². The first-order valence-corrected chi connectivity index (χ1v) is 9.97. The van der Waals surface area contributed by atoms with Crippen LogP contribution in [0.2, 0.25) is 0 Å². The van der Waals surface area contributed by atoms with Crippen LogP contribution < -0.4 is 17.9 Å². The Hall–Kier alpha value is -1.72. The van der Waals surface area contributed by atoms with E-state index in [1.165, 1.54) is 24.3 Å². The van der Waals surface area contributed by atoms with Gasteiger partial charge in [-0.25, -0.2) is 14.9 Å². The number of aryl methyl sites for hydroxylation is 1. The van der Waals surface area contributed by atoms with Crippen LogP contribution in [0.1, 0.15) is 24.3 Å². The van der Waals surface area contributed by atoms with Crippen LogP contribution in [0.15, 0.2) is 55.0 Å². The molecule has 190 valence electrons. The van der Waals surface area contributed by atoms with E-state index in [-0.39, 0.29) is 59.6 Å². The Morgan fingerprint density at radius 1 is 1.09 bits per heavy atom. The van der Waals surface area contributed by atoms with Gasteiger partial charge in [-0.15, -0.1) is 12.4 Å². The second-order valence-corrected chi connectivity index (χ2v) is 6.59. The number of aromatic nitrogens is 2. The van der Waals surface area contributed by atoms with Gasteiger partial charge < -0.3 is 28.2 Å². The summed E-state index contributed by atoms with van der Waals surface area (Å²) in [6.07, 6.45) is 7.27. The number of rotatable bonds is 5. The van der Waals surface area contributed by atoms with Crippen molar-refractivity contribution in [3.05, 3.63) is 72.9 Å². The fourth-order valence-electron chi connectivity index (χ4n) is 2.78. The van der Waals surface area contributed by atoms with Crippen LogP contribution in [0.25, 0.3) is 22.3 Å². The Labute approximate surface area is 236 Å². The third kappa shape index (κ3) is 11.3. The zero-order chi connectivity index (χ0) is 24.1. The van der Waals surface area contributed by atoms with Gasteiger partial charge >= 0.3 is 23.1 Å². The second-order valence-electron chi connectivity index (χ2n) is 6.59. The van der Waals surface area contributed by atoms with E-state index in [1.54, 1.807) is 57.3 Å². The standard InChI is InChI=1S/C19H18FN3O2.C3H7.C2H7NO.2ClH.Mg/c1-22-12-16(13-8-10-21-11-9-13)17(14-4-6-15(20)7-5-14)18(22)19(24)23(2)25-3;1-3-2;1-3-4-2;;;/h4-12H,1-3H3;3H,1-2H3;3H,1-2H3;2*1H;/q;-1;;;;+2/p-1. The van der Waals surface area contributed by atoms with Gasteiger partial charge in [0.15, 0.2) is 0 Å². The van der Waals surface area contributed by atoms with Gasteiger partial charge in [-0.2, -0.15) is 13.8 Å². The molecular formula is C24H33Cl2FMgN4O3. The fraction of sp³-hybridized carbons (Fsp3) is 0.292. The van der Waals surface area contributed by atoms with Gasteiger partial charge in [0, 0.05) is 50.9 Å². The van der Waals surface area contributed by atoms with Crippen molar-refractivity contribution in [1.82, 2.24) is 20.1 Å². The van der Waals surface area contributed by atoms with Crippen molar-refractivity contribution in [3.63, 3.8) is 0 Å². The predicted octanol–water partition coefficient (Wildman–Crippen LogP) is 1.57. The summed E-state index contributed by atoms with van der Waals surface area (Å²) in [5, 5.41) is 1.17. The van der Waals surface area contributed by atoms with Crippen LogP contribution in [-0.2, 0) is 16.7 Å².